The number of benzene rings is 2. The van der Waals surface area contributed by atoms with E-state index >= 15 is 0 Å². The second-order valence-electron chi connectivity index (χ2n) is 7.17. The standard InChI is InChI=1S/C22H26N2O3S/c1-23(2)20-11-6-18(7-12-20)8-15-22(25)19-9-13-21(14-10-19)28(26,27)24-16-4-3-5-17-24/h6-15H,3-5,16-17H2,1-2H3/b15-8+. The minimum absolute atomic E-state index is 0.154. The second kappa shape index (κ2) is 8.71. The molecule has 0 radical (unpaired) electrons. The third-order valence-electron chi connectivity index (χ3n) is 4.93. The molecule has 0 saturated carbocycles. The largest absolute Gasteiger partial charge is 0.378 e. The quantitative estimate of drug-likeness (QED) is 0.548. The Bertz CT molecular complexity index is 940. The molecule has 3 rings (SSSR count). The summed E-state index contributed by atoms with van der Waals surface area (Å²) in [5.41, 5.74) is 2.50. The summed E-state index contributed by atoms with van der Waals surface area (Å²) < 4.78 is 26.9. The van der Waals surface area contributed by atoms with Crippen LogP contribution in [0.25, 0.3) is 6.08 Å². The minimum Gasteiger partial charge on any atom is -0.378 e. The molecule has 0 N–H and O–H groups in total. The van der Waals surface area contributed by atoms with E-state index in [1.165, 1.54) is 22.5 Å². The van der Waals surface area contributed by atoms with Crippen molar-refractivity contribution in [1.82, 2.24) is 4.31 Å². The number of ketones is 1. The number of allylic oxidation sites excluding steroid dienone is 1. The van der Waals surface area contributed by atoms with Gasteiger partial charge in [-0.2, -0.15) is 4.31 Å². The van der Waals surface area contributed by atoms with Crippen molar-refractivity contribution in [3.05, 3.63) is 65.7 Å². The first-order valence-corrected chi connectivity index (χ1v) is 10.9. The van der Waals surface area contributed by atoms with E-state index in [1.807, 2.05) is 43.3 Å². The van der Waals surface area contributed by atoms with E-state index < -0.39 is 10.0 Å². The van der Waals surface area contributed by atoms with Crippen molar-refractivity contribution in [1.29, 1.82) is 0 Å². The predicted octanol–water partition coefficient (Wildman–Crippen LogP) is 3.82. The molecule has 148 valence electrons. The average Bonchev–Trinajstić information content (AvgIpc) is 2.73. The summed E-state index contributed by atoms with van der Waals surface area (Å²) in [5, 5.41) is 0. The van der Waals surface area contributed by atoms with E-state index in [0.29, 0.717) is 18.7 Å². The van der Waals surface area contributed by atoms with E-state index in [4.69, 9.17) is 0 Å². The van der Waals surface area contributed by atoms with Crippen LogP contribution in [0.15, 0.2) is 59.5 Å². The second-order valence-corrected chi connectivity index (χ2v) is 9.11. The molecule has 0 aromatic heterocycles. The Labute approximate surface area is 167 Å². The van der Waals surface area contributed by atoms with Crippen LogP contribution in [-0.2, 0) is 10.0 Å². The third-order valence-corrected chi connectivity index (χ3v) is 6.84. The molecule has 1 heterocycles. The first-order valence-electron chi connectivity index (χ1n) is 9.48. The molecular weight excluding hydrogens is 372 g/mol. The molecule has 1 aliphatic heterocycles. The van der Waals surface area contributed by atoms with Gasteiger partial charge in [-0.3, -0.25) is 4.79 Å². The van der Waals surface area contributed by atoms with Gasteiger partial charge >= 0.3 is 0 Å². The fourth-order valence-corrected chi connectivity index (χ4v) is 4.71. The van der Waals surface area contributed by atoms with Gasteiger partial charge < -0.3 is 4.90 Å². The zero-order valence-corrected chi connectivity index (χ0v) is 17.2. The predicted molar refractivity (Wildman–Crippen MR) is 113 cm³/mol. The normalized spacial score (nSPS) is 15.6. The van der Waals surface area contributed by atoms with Gasteiger partial charge in [0.15, 0.2) is 5.78 Å². The number of piperidine rings is 1. The lowest BCUT2D eigenvalue weighted by Gasteiger charge is -2.25. The van der Waals surface area contributed by atoms with Crippen LogP contribution in [-0.4, -0.2) is 45.7 Å². The number of anilines is 1. The Morgan fingerprint density at radius 2 is 1.54 bits per heavy atom. The highest BCUT2D eigenvalue weighted by Crippen LogP contribution is 2.21. The lowest BCUT2D eigenvalue weighted by atomic mass is 10.1. The maximum absolute atomic E-state index is 12.7. The van der Waals surface area contributed by atoms with Crippen LogP contribution >= 0.6 is 0 Å². The molecule has 0 aliphatic carbocycles. The number of sulfonamides is 1. The smallest absolute Gasteiger partial charge is 0.243 e. The van der Waals surface area contributed by atoms with E-state index in [9.17, 15) is 13.2 Å². The maximum atomic E-state index is 12.7. The summed E-state index contributed by atoms with van der Waals surface area (Å²) >= 11 is 0. The van der Waals surface area contributed by atoms with Gasteiger partial charge in [0.25, 0.3) is 0 Å². The van der Waals surface area contributed by atoms with Crippen molar-refractivity contribution < 1.29 is 13.2 Å². The summed E-state index contributed by atoms with van der Waals surface area (Å²) in [6, 6.07) is 14.1. The summed E-state index contributed by atoms with van der Waals surface area (Å²) in [7, 11) is 0.481. The van der Waals surface area contributed by atoms with Crippen molar-refractivity contribution in [2.45, 2.75) is 24.2 Å². The highest BCUT2D eigenvalue weighted by Gasteiger charge is 2.25. The van der Waals surface area contributed by atoms with Crippen molar-refractivity contribution >= 4 is 27.6 Å². The minimum atomic E-state index is -3.47. The number of carbonyl (C=O) groups is 1. The van der Waals surface area contributed by atoms with Crippen LogP contribution in [0.1, 0.15) is 35.2 Å². The Kier molecular flexibility index (Phi) is 6.31. The number of nitrogens with zero attached hydrogens (tertiary/aromatic N) is 2. The molecule has 5 nitrogen and oxygen atoms in total. The highest BCUT2D eigenvalue weighted by atomic mass is 32.2. The van der Waals surface area contributed by atoms with E-state index in [2.05, 4.69) is 0 Å². The van der Waals surface area contributed by atoms with Gasteiger partial charge in [-0.15, -0.1) is 0 Å². The molecule has 0 atom stereocenters. The Morgan fingerprint density at radius 1 is 0.929 bits per heavy atom. The van der Waals surface area contributed by atoms with Gasteiger partial charge in [-0.05, 0) is 60.9 Å². The molecule has 1 aliphatic rings. The van der Waals surface area contributed by atoms with E-state index in [0.717, 1.165) is 30.5 Å². The Morgan fingerprint density at radius 3 is 2.11 bits per heavy atom. The number of rotatable bonds is 6. The van der Waals surface area contributed by atoms with Crippen LogP contribution in [0, 0.1) is 0 Å². The molecule has 1 fully saturated rings. The van der Waals surface area contributed by atoms with Gasteiger partial charge in [0, 0.05) is 38.4 Å². The van der Waals surface area contributed by atoms with Crippen molar-refractivity contribution in [2.24, 2.45) is 0 Å². The van der Waals surface area contributed by atoms with Crippen molar-refractivity contribution in [2.75, 3.05) is 32.1 Å². The van der Waals surface area contributed by atoms with E-state index in [-0.39, 0.29) is 10.7 Å². The van der Waals surface area contributed by atoms with Gasteiger partial charge in [-0.25, -0.2) is 8.42 Å². The molecule has 1 saturated heterocycles. The summed E-state index contributed by atoms with van der Waals surface area (Å²) in [5.74, 6) is -0.154. The van der Waals surface area contributed by atoms with Crippen LogP contribution in [0.2, 0.25) is 0 Å². The van der Waals surface area contributed by atoms with Crippen molar-refractivity contribution in [3.63, 3.8) is 0 Å². The Hall–Kier alpha value is -2.44. The zero-order valence-electron chi connectivity index (χ0n) is 16.3. The van der Waals surface area contributed by atoms with Gasteiger partial charge in [-0.1, -0.05) is 24.6 Å². The maximum Gasteiger partial charge on any atom is 0.243 e. The first kappa shape index (κ1) is 20.3. The molecule has 0 spiro atoms. The molecule has 6 heteroatoms. The summed E-state index contributed by atoms with van der Waals surface area (Å²) in [6.45, 7) is 1.14. The number of hydrogen-bond acceptors (Lipinski definition) is 4. The van der Waals surface area contributed by atoms with Gasteiger partial charge in [0.2, 0.25) is 10.0 Å². The third kappa shape index (κ3) is 4.69. The zero-order chi connectivity index (χ0) is 20.1. The lowest BCUT2D eigenvalue weighted by Crippen LogP contribution is -2.35. The van der Waals surface area contributed by atoms with Crippen LogP contribution in [0.5, 0.6) is 0 Å². The molecule has 0 unspecified atom stereocenters. The molecule has 2 aromatic rings. The van der Waals surface area contributed by atoms with Crippen LogP contribution in [0.4, 0.5) is 5.69 Å². The van der Waals surface area contributed by atoms with Gasteiger partial charge in [0.1, 0.15) is 0 Å². The molecule has 2 aromatic carbocycles. The monoisotopic (exact) mass is 398 g/mol. The SMILES string of the molecule is CN(C)c1ccc(/C=C/C(=O)c2ccc(S(=O)(=O)N3CCCCC3)cc2)cc1. The average molecular weight is 399 g/mol. The molecular formula is C22H26N2O3S. The molecule has 28 heavy (non-hydrogen) atoms. The fourth-order valence-electron chi connectivity index (χ4n) is 3.20. The van der Waals surface area contributed by atoms with E-state index in [1.54, 1.807) is 18.2 Å². The highest BCUT2D eigenvalue weighted by molar-refractivity contribution is 7.89. The van der Waals surface area contributed by atoms with Crippen molar-refractivity contribution in [3.8, 4) is 0 Å². The topological polar surface area (TPSA) is 57.7 Å². The molecule has 0 amide bonds. The summed E-state index contributed by atoms with van der Waals surface area (Å²) in [4.78, 5) is 14.7. The molecule has 0 bridgehead atoms. The first-order chi connectivity index (χ1) is 13.4. The lowest BCUT2D eigenvalue weighted by molar-refractivity contribution is 0.104. The van der Waals surface area contributed by atoms with Crippen LogP contribution < -0.4 is 4.90 Å². The number of carbonyl (C=O) groups excluding carboxylic acids is 1. The number of hydrogen-bond donors (Lipinski definition) is 0. The van der Waals surface area contributed by atoms with Crippen LogP contribution in [0.3, 0.4) is 0 Å². The Balaban J connectivity index is 1.69. The van der Waals surface area contributed by atoms with Gasteiger partial charge in [0.05, 0.1) is 4.90 Å². The fraction of sp³-hybridized carbons (Fsp3) is 0.318. The summed E-state index contributed by atoms with van der Waals surface area (Å²) in [6.07, 6.45) is 6.15.